The van der Waals surface area contributed by atoms with E-state index in [0.29, 0.717) is 0 Å². The number of aryl methyl sites for hydroxylation is 1. The average molecular weight is 347 g/mol. The number of hydrogen-bond donors (Lipinski definition) is 2. The number of allylic oxidation sites excluding steroid dienone is 2. The molecule has 0 atom stereocenters. The van der Waals surface area contributed by atoms with Gasteiger partial charge in [0.25, 0.3) is 0 Å². The maximum absolute atomic E-state index is 9.76. The Morgan fingerprint density at radius 2 is 1.28 bits per heavy atom. The Bertz CT molecular complexity index is 465. The van der Waals surface area contributed by atoms with Gasteiger partial charge in [0.1, 0.15) is 0 Å². The molecule has 2 N–H and O–H groups in total. The number of unbranched alkanes of at least 4 members (excludes halogenated alkanes) is 11. The average Bonchev–Trinajstić information content (AvgIpc) is 2.61. The first-order valence-electron chi connectivity index (χ1n) is 10.4. The van der Waals surface area contributed by atoms with Gasteiger partial charge in [0.15, 0.2) is 11.5 Å². The van der Waals surface area contributed by atoms with E-state index in [1.807, 2.05) is 6.07 Å². The second kappa shape index (κ2) is 14.9. The van der Waals surface area contributed by atoms with Crippen LogP contribution in [0.25, 0.3) is 0 Å². The lowest BCUT2D eigenvalue weighted by atomic mass is 10.0. The van der Waals surface area contributed by atoms with Crippen molar-refractivity contribution >= 4 is 0 Å². The van der Waals surface area contributed by atoms with Crippen LogP contribution in [0.15, 0.2) is 30.4 Å². The molecule has 142 valence electrons. The lowest BCUT2D eigenvalue weighted by molar-refractivity contribution is 0.398. The van der Waals surface area contributed by atoms with Gasteiger partial charge >= 0.3 is 0 Å². The SMILES string of the molecule is CC/C=C\CCCCCCCCCCCCCc1cccc(O)c1O. The molecule has 0 bridgehead atoms. The largest absolute Gasteiger partial charge is 0.504 e. The minimum Gasteiger partial charge on any atom is -0.504 e. The molecule has 0 heterocycles. The summed E-state index contributed by atoms with van der Waals surface area (Å²) in [5, 5.41) is 19.2. The highest BCUT2D eigenvalue weighted by Crippen LogP contribution is 2.29. The first-order chi connectivity index (χ1) is 12.3. The molecule has 0 unspecified atom stereocenters. The van der Waals surface area contributed by atoms with Gasteiger partial charge in [-0.1, -0.05) is 89.0 Å². The molecular weight excluding hydrogens is 308 g/mol. The quantitative estimate of drug-likeness (QED) is 0.199. The Labute approximate surface area is 155 Å². The summed E-state index contributed by atoms with van der Waals surface area (Å²) in [4.78, 5) is 0. The minimum absolute atomic E-state index is 0.00470. The minimum atomic E-state index is -0.00470. The lowest BCUT2D eigenvalue weighted by Gasteiger charge is -2.06. The summed E-state index contributed by atoms with van der Waals surface area (Å²) in [6.07, 6.45) is 22.4. The highest BCUT2D eigenvalue weighted by atomic mass is 16.3. The normalized spacial score (nSPS) is 11.4. The van der Waals surface area contributed by atoms with E-state index >= 15 is 0 Å². The molecule has 0 saturated heterocycles. The Morgan fingerprint density at radius 1 is 0.720 bits per heavy atom. The van der Waals surface area contributed by atoms with E-state index in [4.69, 9.17) is 0 Å². The van der Waals surface area contributed by atoms with Gasteiger partial charge in [-0.2, -0.15) is 0 Å². The van der Waals surface area contributed by atoms with E-state index in [1.165, 1.54) is 76.7 Å². The smallest absolute Gasteiger partial charge is 0.160 e. The van der Waals surface area contributed by atoms with Crippen molar-refractivity contribution in [2.24, 2.45) is 0 Å². The number of aromatic hydroxyl groups is 2. The van der Waals surface area contributed by atoms with Crippen LogP contribution in [-0.4, -0.2) is 10.2 Å². The maximum Gasteiger partial charge on any atom is 0.160 e. The van der Waals surface area contributed by atoms with Crippen LogP contribution in [0, 0.1) is 0 Å². The van der Waals surface area contributed by atoms with Crippen molar-refractivity contribution in [1.82, 2.24) is 0 Å². The van der Waals surface area contributed by atoms with E-state index in [0.717, 1.165) is 24.8 Å². The van der Waals surface area contributed by atoms with Gasteiger partial charge < -0.3 is 10.2 Å². The van der Waals surface area contributed by atoms with Crippen molar-refractivity contribution in [1.29, 1.82) is 0 Å². The molecule has 0 aromatic heterocycles. The third-order valence-electron chi connectivity index (χ3n) is 4.82. The van der Waals surface area contributed by atoms with Crippen LogP contribution in [0.5, 0.6) is 11.5 Å². The number of phenols is 2. The van der Waals surface area contributed by atoms with Crippen molar-refractivity contribution in [3.05, 3.63) is 35.9 Å². The standard InChI is InChI=1S/C23H38O2/c1-2-3-4-5-6-7-8-9-10-11-12-13-14-15-16-18-21-19-17-20-22(24)23(21)25/h3-4,17,19-20,24-25H,2,5-16,18H2,1H3/b4-3-. The van der Waals surface area contributed by atoms with Gasteiger partial charge in [0, 0.05) is 0 Å². The van der Waals surface area contributed by atoms with Gasteiger partial charge in [0.05, 0.1) is 0 Å². The van der Waals surface area contributed by atoms with Crippen LogP contribution < -0.4 is 0 Å². The summed E-state index contributed by atoms with van der Waals surface area (Å²) in [7, 11) is 0. The topological polar surface area (TPSA) is 40.5 Å². The molecule has 0 aliphatic rings. The Kier molecular flexibility index (Phi) is 12.8. The Hall–Kier alpha value is -1.44. The van der Waals surface area contributed by atoms with Crippen molar-refractivity contribution in [2.45, 2.75) is 96.8 Å². The van der Waals surface area contributed by atoms with Crippen molar-refractivity contribution < 1.29 is 10.2 Å². The van der Waals surface area contributed by atoms with Crippen molar-refractivity contribution in [2.75, 3.05) is 0 Å². The number of hydrogen-bond acceptors (Lipinski definition) is 2. The highest BCUT2D eigenvalue weighted by Gasteiger charge is 2.04. The van der Waals surface area contributed by atoms with Crippen LogP contribution in [0.4, 0.5) is 0 Å². The molecule has 1 aromatic carbocycles. The zero-order valence-corrected chi connectivity index (χ0v) is 16.2. The molecule has 0 aliphatic heterocycles. The number of para-hydroxylation sites is 1. The van der Waals surface area contributed by atoms with Crippen LogP contribution in [-0.2, 0) is 6.42 Å². The monoisotopic (exact) mass is 346 g/mol. The third kappa shape index (κ3) is 10.9. The number of benzene rings is 1. The predicted octanol–water partition coefficient (Wildman–Crippen LogP) is 7.29. The van der Waals surface area contributed by atoms with Gasteiger partial charge in [-0.25, -0.2) is 0 Å². The van der Waals surface area contributed by atoms with E-state index < -0.39 is 0 Å². The van der Waals surface area contributed by atoms with E-state index in [9.17, 15) is 10.2 Å². The summed E-state index contributed by atoms with van der Waals surface area (Å²) < 4.78 is 0. The molecule has 25 heavy (non-hydrogen) atoms. The van der Waals surface area contributed by atoms with Crippen LogP contribution in [0.2, 0.25) is 0 Å². The molecule has 0 amide bonds. The fourth-order valence-electron chi connectivity index (χ4n) is 3.23. The summed E-state index contributed by atoms with van der Waals surface area (Å²) in [5.74, 6) is 0.0545. The molecular formula is C23H38O2. The molecule has 0 aliphatic carbocycles. The molecule has 1 aromatic rings. The van der Waals surface area contributed by atoms with Crippen molar-refractivity contribution in [3.63, 3.8) is 0 Å². The second-order valence-electron chi connectivity index (χ2n) is 7.09. The molecule has 0 saturated carbocycles. The number of phenolic OH excluding ortho intramolecular Hbond substituents is 2. The van der Waals surface area contributed by atoms with Gasteiger partial charge in [0.2, 0.25) is 0 Å². The van der Waals surface area contributed by atoms with E-state index in [2.05, 4.69) is 19.1 Å². The Morgan fingerprint density at radius 3 is 1.88 bits per heavy atom. The highest BCUT2D eigenvalue weighted by molar-refractivity contribution is 5.44. The lowest BCUT2D eigenvalue weighted by Crippen LogP contribution is -1.88. The molecule has 0 spiro atoms. The predicted molar refractivity (Wildman–Crippen MR) is 108 cm³/mol. The second-order valence-corrected chi connectivity index (χ2v) is 7.09. The fourth-order valence-corrected chi connectivity index (χ4v) is 3.23. The maximum atomic E-state index is 9.76. The summed E-state index contributed by atoms with van der Waals surface area (Å²) in [5.41, 5.74) is 0.866. The summed E-state index contributed by atoms with van der Waals surface area (Å²) in [6, 6.07) is 5.23. The molecule has 0 radical (unpaired) electrons. The summed E-state index contributed by atoms with van der Waals surface area (Å²) in [6.45, 7) is 2.19. The molecule has 1 rings (SSSR count). The first-order valence-corrected chi connectivity index (χ1v) is 10.4. The first kappa shape index (κ1) is 21.6. The third-order valence-corrected chi connectivity index (χ3v) is 4.82. The van der Waals surface area contributed by atoms with Gasteiger partial charge in [-0.15, -0.1) is 0 Å². The molecule has 2 heteroatoms. The van der Waals surface area contributed by atoms with Gasteiger partial charge in [-0.3, -0.25) is 0 Å². The zero-order valence-electron chi connectivity index (χ0n) is 16.2. The van der Waals surface area contributed by atoms with Crippen LogP contribution in [0.1, 0.15) is 96.0 Å². The Balaban J connectivity index is 1.85. The summed E-state index contributed by atoms with van der Waals surface area (Å²) >= 11 is 0. The number of rotatable bonds is 15. The fraction of sp³-hybridized carbons (Fsp3) is 0.652. The van der Waals surface area contributed by atoms with Crippen LogP contribution in [0.3, 0.4) is 0 Å². The van der Waals surface area contributed by atoms with Gasteiger partial charge in [-0.05, 0) is 43.7 Å². The van der Waals surface area contributed by atoms with E-state index in [-0.39, 0.29) is 11.5 Å². The van der Waals surface area contributed by atoms with Crippen molar-refractivity contribution in [3.8, 4) is 11.5 Å². The van der Waals surface area contributed by atoms with E-state index in [1.54, 1.807) is 6.07 Å². The molecule has 2 nitrogen and oxygen atoms in total. The molecule has 0 fully saturated rings. The van der Waals surface area contributed by atoms with Crippen LogP contribution >= 0.6 is 0 Å². The zero-order chi connectivity index (χ0) is 18.2.